The summed E-state index contributed by atoms with van der Waals surface area (Å²) < 4.78 is 7.20. The van der Waals surface area contributed by atoms with Crippen molar-refractivity contribution in [1.82, 2.24) is 0 Å². The van der Waals surface area contributed by atoms with Gasteiger partial charge in [-0.05, 0) is 77.2 Å². The molecule has 0 saturated carbocycles. The number of aryl methyl sites for hydroxylation is 1. The first-order valence-corrected chi connectivity index (χ1v) is 7.87. The first kappa shape index (κ1) is 13.0. The molecule has 0 fully saturated rings. The first-order valence-electron chi connectivity index (χ1n) is 6.79. The van der Waals surface area contributed by atoms with Gasteiger partial charge in [0.15, 0.2) is 0 Å². The molecule has 3 rings (SSSR count). The van der Waals surface area contributed by atoms with Gasteiger partial charge in [-0.15, -0.1) is 0 Å². The van der Waals surface area contributed by atoms with Crippen LogP contribution in [0.15, 0.2) is 48.5 Å². The zero-order valence-electron chi connectivity index (χ0n) is 10.8. The molecule has 19 heavy (non-hydrogen) atoms. The maximum Gasteiger partial charge on any atom is 0.119 e. The number of rotatable bonds is 3. The summed E-state index contributed by atoms with van der Waals surface area (Å²) in [5.41, 5.74) is 2.99. The van der Waals surface area contributed by atoms with Gasteiger partial charge in [-0.25, -0.2) is 0 Å². The van der Waals surface area contributed by atoms with Crippen LogP contribution in [-0.4, -0.2) is 6.61 Å². The van der Waals surface area contributed by atoms with Crippen LogP contribution in [0.3, 0.4) is 0 Å². The van der Waals surface area contributed by atoms with E-state index in [4.69, 9.17) is 4.74 Å². The Balaban J connectivity index is 1.69. The molecule has 0 N–H and O–H groups in total. The Morgan fingerprint density at radius 3 is 2.68 bits per heavy atom. The molecule has 0 radical (unpaired) electrons. The molecular formula is C17H17IO. The Morgan fingerprint density at radius 2 is 1.84 bits per heavy atom. The molecule has 1 aliphatic carbocycles. The molecule has 0 heterocycles. The number of ether oxygens (including phenoxy) is 1. The fourth-order valence-electron chi connectivity index (χ4n) is 2.76. The van der Waals surface area contributed by atoms with E-state index >= 15 is 0 Å². The van der Waals surface area contributed by atoms with Crippen molar-refractivity contribution in [2.24, 2.45) is 0 Å². The quantitative estimate of drug-likeness (QED) is 0.712. The fourth-order valence-corrected chi connectivity index (χ4v) is 3.11. The number of hydrogen-bond acceptors (Lipinski definition) is 1. The standard InChI is InChI=1S/C17H17IO/c18-15-8-10-16(11-9-15)19-12-14-6-3-5-13-4-1-2-7-17(13)14/h1-2,4,7-11,14H,3,5-6,12H2. The van der Waals surface area contributed by atoms with Gasteiger partial charge in [-0.3, -0.25) is 0 Å². The van der Waals surface area contributed by atoms with E-state index in [0.29, 0.717) is 5.92 Å². The Bertz CT molecular complexity index is 547. The molecule has 1 unspecified atom stereocenters. The lowest BCUT2D eigenvalue weighted by molar-refractivity contribution is 0.274. The van der Waals surface area contributed by atoms with Gasteiger partial charge in [0.25, 0.3) is 0 Å². The third-order valence-electron chi connectivity index (χ3n) is 3.76. The van der Waals surface area contributed by atoms with E-state index in [1.807, 2.05) is 0 Å². The molecular weight excluding hydrogens is 347 g/mol. The van der Waals surface area contributed by atoms with Crippen molar-refractivity contribution in [3.05, 3.63) is 63.2 Å². The third-order valence-corrected chi connectivity index (χ3v) is 4.48. The van der Waals surface area contributed by atoms with Crippen LogP contribution in [0.25, 0.3) is 0 Å². The second kappa shape index (κ2) is 5.95. The highest BCUT2D eigenvalue weighted by molar-refractivity contribution is 14.1. The summed E-state index contributed by atoms with van der Waals surface area (Å²) in [6, 6.07) is 17.1. The highest BCUT2D eigenvalue weighted by Gasteiger charge is 2.20. The molecule has 2 heteroatoms. The minimum absolute atomic E-state index is 0.546. The second-order valence-electron chi connectivity index (χ2n) is 5.05. The average molecular weight is 364 g/mol. The van der Waals surface area contributed by atoms with Gasteiger partial charge in [0, 0.05) is 9.49 Å². The van der Waals surface area contributed by atoms with Crippen molar-refractivity contribution in [3.8, 4) is 5.75 Å². The van der Waals surface area contributed by atoms with Crippen molar-refractivity contribution in [2.75, 3.05) is 6.61 Å². The van der Waals surface area contributed by atoms with Crippen LogP contribution in [0.1, 0.15) is 29.9 Å². The second-order valence-corrected chi connectivity index (χ2v) is 6.30. The Hall–Kier alpha value is -1.03. The number of fused-ring (bicyclic) bond motifs is 1. The van der Waals surface area contributed by atoms with E-state index in [1.54, 1.807) is 0 Å². The Kier molecular flexibility index (Phi) is 4.06. The summed E-state index contributed by atoms with van der Waals surface area (Å²) in [7, 11) is 0. The minimum Gasteiger partial charge on any atom is -0.493 e. The van der Waals surface area contributed by atoms with Crippen molar-refractivity contribution in [1.29, 1.82) is 0 Å². The van der Waals surface area contributed by atoms with Crippen molar-refractivity contribution in [2.45, 2.75) is 25.2 Å². The lowest BCUT2D eigenvalue weighted by Gasteiger charge is -2.25. The van der Waals surface area contributed by atoms with E-state index in [-0.39, 0.29) is 0 Å². The zero-order chi connectivity index (χ0) is 13.1. The van der Waals surface area contributed by atoms with Crippen LogP contribution in [0.5, 0.6) is 5.75 Å². The lowest BCUT2D eigenvalue weighted by Crippen LogP contribution is -2.16. The van der Waals surface area contributed by atoms with Gasteiger partial charge in [-0.1, -0.05) is 24.3 Å². The molecule has 0 aromatic heterocycles. The van der Waals surface area contributed by atoms with Crippen molar-refractivity contribution in [3.63, 3.8) is 0 Å². The summed E-state index contributed by atoms with van der Waals surface area (Å²) >= 11 is 2.31. The van der Waals surface area contributed by atoms with Gasteiger partial charge in [0.1, 0.15) is 5.75 Å². The van der Waals surface area contributed by atoms with Crippen molar-refractivity contribution < 1.29 is 4.74 Å². The molecule has 0 spiro atoms. The molecule has 0 aliphatic heterocycles. The Morgan fingerprint density at radius 1 is 1.05 bits per heavy atom. The molecule has 2 aromatic carbocycles. The lowest BCUT2D eigenvalue weighted by atomic mass is 9.83. The first-order chi connectivity index (χ1) is 9.33. The van der Waals surface area contributed by atoms with Crippen LogP contribution in [-0.2, 0) is 6.42 Å². The molecule has 1 atom stereocenters. The predicted molar refractivity (Wildman–Crippen MR) is 86.8 cm³/mol. The minimum atomic E-state index is 0.546. The van der Waals surface area contributed by atoms with E-state index in [0.717, 1.165) is 12.4 Å². The topological polar surface area (TPSA) is 9.23 Å². The summed E-state index contributed by atoms with van der Waals surface area (Å²) in [5.74, 6) is 1.52. The maximum absolute atomic E-state index is 5.95. The van der Waals surface area contributed by atoms with Gasteiger partial charge in [0.05, 0.1) is 6.61 Å². The van der Waals surface area contributed by atoms with E-state index in [9.17, 15) is 0 Å². The summed E-state index contributed by atoms with van der Waals surface area (Å²) in [6.45, 7) is 0.789. The highest BCUT2D eigenvalue weighted by Crippen LogP contribution is 2.31. The molecule has 1 nitrogen and oxygen atoms in total. The van der Waals surface area contributed by atoms with Crippen LogP contribution in [0.4, 0.5) is 0 Å². The molecule has 1 aliphatic rings. The zero-order valence-corrected chi connectivity index (χ0v) is 13.0. The van der Waals surface area contributed by atoms with Gasteiger partial charge >= 0.3 is 0 Å². The normalized spacial score (nSPS) is 17.8. The van der Waals surface area contributed by atoms with Gasteiger partial charge < -0.3 is 4.74 Å². The largest absolute Gasteiger partial charge is 0.493 e. The van der Waals surface area contributed by atoms with Gasteiger partial charge in [0.2, 0.25) is 0 Å². The SMILES string of the molecule is Ic1ccc(OCC2CCCc3ccccc32)cc1. The monoisotopic (exact) mass is 364 g/mol. The van der Waals surface area contributed by atoms with Crippen LogP contribution in [0.2, 0.25) is 0 Å². The third kappa shape index (κ3) is 3.11. The van der Waals surface area contributed by atoms with E-state index in [1.165, 1.54) is 34.0 Å². The van der Waals surface area contributed by atoms with Crippen LogP contribution < -0.4 is 4.74 Å². The summed E-state index contributed by atoms with van der Waals surface area (Å²) in [6.07, 6.45) is 3.73. The summed E-state index contributed by atoms with van der Waals surface area (Å²) in [5, 5.41) is 0. The van der Waals surface area contributed by atoms with Crippen molar-refractivity contribution >= 4 is 22.6 Å². The smallest absolute Gasteiger partial charge is 0.119 e. The predicted octanol–water partition coefficient (Wildman–Crippen LogP) is 4.79. The van der Waals surface area contributed by atoms with E-state index in [2.05, 4.69) is 71.1 Å². The Labute approximate surface area is 128 Å². The van der Waals surface area contributed by atoms with Gasteiger partial charge in [-0.2, -0.15) is 0 Å². The molecule has 0 amide bonds. The molecule has 0 bridgehead atoms. The van der Waals surface area contributed by atoms with Crippen LogP contribution >= 0.6 is 22.6 Å². The fraction of sp³-hybridized carbons (Fsp3) is 0.294. The number of benzene rings is 2. The summed E-state index contributed by atoms with van der Waals surface area (Å²) in [4.78, 5) is 0. The maximum atomic E-state index is 5.95. The number of hydrogen-bond donors (Lipinski definition) is 0. The van der Waals surface area contributed by atoms with Crippen LogP contribution in [0, 0.1) is 3.57 Å². The average Bonchev–Trinajstić information content (AvgIpc) is 2.47. The van der Waals surface area contributed by atoms with E-state index < -0.39 is 0 Å². The number of halogens is 1. The molecule has 2 aromatic rings. The molecule has 0 saturated heterocycles. The molecule has 98 valence electrons. The highest BCUT2D eigenvalue weighted by atomic mass is 127.